The Labute approximate surface area is 154 Å². The van der Waals surface area contributed by atoms with Crippen LogP contribution >= 0.6 is 11.8 Å². The average Bonchev–Trinajstić information content (AvgIpc) is 2.43. The maximum Gasteiger partial charge on any atom is 0.0142 e. The standard InChI is InChI=1S/C23H36S/c1-11-23(9,10)15-18(5)21(24-22(6,7)8)20-14-19(16(2)3)13-12-17(20)4/h11-14,16H,1,15H2,2-10H3/b21-18-. The minimum atomic E-state index is 0.122. The molecule has 0 aliphatic rings. The summed E-state index contributed by atoms with van der Waals surface area (Å²) in [4.78, 5) is 1.44. The molecule has 0 bridgehead atoms. The van der Waals surface area contributed by atoms with Crippen LogP contribution in [0.3, 0.4) is 0 Å². The largest absolute Gasteiger partial charge is 0.120 e. The van der Waals surface area contributed by atoms with Gasteiger partial charge in [0.25, 0.3) is 0 Å². The number of benzene rings is 1. The molecule has 0 amide bonds. The first-order valence-electron chi connectivity index (χ1n) is 8.99. The number of hydrogen-bond acceptors (Lipinski definition) is 1. The zero-order valence-corrected chi connectivity index (χ0v) is 18.0. The third-order valence-electron chi connectivity index (χ3n) is 4.24. The van der Waals surface area contributed by atoms with Crippen molar-refractivity contribution in [2.24, 2.45) is 5.41 Å². The van der Waals surface area contributed by atoms with Crippen LogP contribution in [0.1, 0.15) is 84.4 Å². The molecule has 24 heavy (non-hydrogen) atoms. The Morgan fingerprint density at radius 3 is 2.21 bits per heavy atom. The summed E-state index contributed by atoms with van der Waals surface area (Å²) < 4.78 is 0.190. The molecule has 1 aromatic carbocycles. The molecular formula is C23H36S. The van der Waals surface area contributed by atoms with E-state index in [-0.39, 0.29) is 10.2 Å². The fraction of sp³-hybridized carbons (Fsp3) is 0.565. The molecule has 0 spiro atoms. The van der Waals surface area contributed by atoms with Crippen LogP contribution in [0.25, 0.3) is 4.91 Å². The van der Waals surface area contributed by atoms with Gasteiger partial charge in [-0.25, -0.2) is 0 Å². The molecule has 0 N–H and O–H groups in total. The van der Waals surface area contributed by atoms with Crippen molar-refractivity contribution in [1.29, 1.82) is 0 Å². The van der Waals surface area contributed by atoms with E-state index in [0.29, 0.717) is 5.92 Å². The van der Waals surface area contributed by atoms with E-state index in [1.54, 1.807) is 0 Å². The van der Waals surface area contributed by atoms with E-state index >= 15 is 0 Å². The lowest BCUT2D eigenvalue weighted by atomic mass is 9.85. The Morgan fingerprint density at radius 2 is 1.75 bits per heavy atom. The molecule has 0 saturated heterocycles. The van der Waals surface area contributed by atoms with Gasteiger partial charge in [0, 0.05) is 9.65 Å². The molecule has 1 aromatic rings. The van der Waals surface area contributed by atoms with Crippen LogP contribution in [0, 0.1) is 12.3 Å². The summed E-state index contributed by atoms with van der Waals surface area (Å²) in [5, 5.41) is 0. The second-order valence-electron chi connectivity index (χ2n) is 8.92. The first kappa shape index (κ1) is 21.1. The summed E-state index contributed by atoms with van der Waals surface area (Å²) in [5.74, 6) is 0.551. The molecule has 0 aliphatic heterocycles. The van der Waals surface area contributed by atoms with E-state index in [1.807, 2.05) is 11.8 Å². The van der Waals surface area contributed by atoms with E-state index in [9.17, 15) is 0 Å². The lowest BCUT2D eigenvalue weighted by Gasteiger charge is -2.27. The zero-order chi connectivity index (χ0) is 18.7. The van der Waals surface area contributed by atoms with Crippen LogP contribution in [0.2, 0.25) is 0 Å². The van der Waals surface area contributed by atoms with Crippen LogP contribution < -0.4 is 0 Å². The van der Waals surface area contributed by atoms with Gasteiger partial charge in [0.2, 0.25) is 0 Å². The predicted molar refractivity (Wildman–Crippen MR) is 114 cm³/mol. The van der Waals surface area contributed by atoms with Crippen LogP contribution in [0.4, 0.5) is 0 Å². The molecule has 0 aliphatic carbocycles. The molecule has 0 saturated carbocycles. The lowest BCUT2D eigenvalue weighted by Crippen LogP contribution is -2.11. The third-order valence-corrected chi connectivity index (χ3v) is 5.63. The second kappa shape index (κ2) is 7.95. The number of rotatable bonds is 6. The smallest absolute Gasteiger partial charge is 0.0142 e. The van der Waals surface area contributed by atoms with E-state index in [2.05, 4.69) is 93.2 Å². The summed E-state index contributed by atoms with van der Waals surface area (Å²) in [7, 11) is 0. The van der Waals surface area contributed by atoms with Crippen molar-refractivity contribution in [3.63, 3.8) is 0 Å². The molecule has 1 rings (SSSR count). The Bertz CT molecular complexity index is 609. The van der Waals surface area contributed by atoms with Gasteiger partial charge in [-0.3, -0.25) is 0 Å². The van der Waals surface area contributed by atoms with Crippen molar-refractivity contribution in [2.75, 3.05) is 0 Å². The van der Waals surface area contributed by atoms with Crippen molar-refractivity contribution in [3.05, 3.63) is 53.1 Å². The SMILES string of the molecule is C=CC(C)(C)C/C(C)=C(\SC(C)(C)C)c1cc(C(C)C)ccc1C. The summed E-state index contributed by atoms with van der Waals surface area (Å²) in [5.41, 5.74) is 5.76. The molecule has 0 radical (unpaired) electrons. The van der Waals surface area contributed by atoms with Crippen molar-refractivity contribution >= 4 is 16.7 Å². The van der Waals surface area contributed by atoms with Crippen LogP contribution in [-0.4, -0.2) is 4.75 Å². The van der Waals surface area contributed by atoms with E-state index in [0.717, 1.165) is 6.42 Å². The Balaban J connectivity index is 3.49. The van der Waals surface area contributed by atoms with Crippen LogP contribution in [0.15, 0.2) is 36.4 Å². The monoisotopic (exact) mass is 344 g/mol. The van der Waals surface area contributed by atoms with Gasteiger partial charge in [-0.15, -0.1) is 18.3 Å². The van der Waals surface area contributed by atoms with Gasteiger partial charge in [0.15, 0.2) is 0 Å². The first-order chi connectivity index (χ1) is 10.9. The molecule has 134 valence electrons. The highest BCUT2D eigenvalue weighted by atomic mass is 32.2. The fourth-order valence-corrected chi connectivity index (χ4v) is 3.95. The fourth-order valence-electron chi connectivity index (χ4n) is 2.76. The van der Waals surface area contributed by atoms with Crippen molar-refractivity contribution < 1.29 is 0 Å². The number of hydrogen-bond donors (Lipinski definition) is 0. The van der Waals surface area contributed by atoms with Crippen molar-refractivity contribution in [1.82, 2.24) is 0 Å². The molecule has 0 unspecified atom stereocenters. The topological polar surface area (TPSA) is 0 Å². The highest BCUT2D eigenvalue weighted by molar-refractivity contribution is 8.09. The molecule has 0 aromatic heterocycles. The Kier molecular flexibility index (Phi) is 6.99. The van der Waals surface area contributed by atoms with E-state index in [4.69, 9.17) is 0 Å². The summed E-state index contributed by atoms with van der Waals surface area (Å²) in [6.45, 7) is 24.5. The lowest BCUT2D eigenvalue weighted by molar-refractivity contribution is 0.478. The molecule has 0 fully saturated rings. The van der Waals surface area contributed by atoms with Gasteiger partial charge in [-0.2, -0.15) is 0 Å². The summed E-state index contributed by atoms with van der Waals surface area (Å²) in [6.07, 6.45) is 3.12. The summed E-state index contributed by atoms with van der Waals surface area (Å²) in [6, 6.07) is 6.95. The quantitative estimate of drug-likeness (QED) is 0.471. The molecule has 0 atom stereocenters. The van der Waals surface area contributed by atoms with Crippen molar-refractivity contribution in [2.45, 2.75) is 79.4 Å². The maximum absolute atomic E-state index is 4.02. The average molecular weight is 345 g/mol. The Morgan fingerprint density at radius 1 is 1.17 bits per heavy atom. The zero-order valence-electron chi connectivity index (χ0n) is 17.2. The highest BCUT2D eigenvalue weighted by Gasteiger charge is 2.22. The molecule has 1 heteroatoms. The van der Waals surface area contributed by atoms with Gasteiger partial charge in [0.05, 0.1) is 0 Å². The molecule has 0 heterocycles. The number of aryl methyl sites for hydroxylation is 1. The normalized spacial score (nSPS) is 13.9. The van der Waals surface area contributed by atoms with Gasteiger partial charge >= 0.3 is 0 Å². The summed E-state index contributed by atoms with van der Waals surface area (Å²) >= 11 is 1.99. The van der Waals surface area contributed by atoms with Crippen LogP contribution in [-0.2, 0) is 0 Å². The number of thioether (sulfide) groups is 1. The van der Waals surface area contributed by atoms with E-state index in [1.165, 1.54) is 27.2 Å². The first-order valence-corrected chi connectivity index (χ1v) is 9.81. The Hall–Kier alpha value is -0.950. The minimum Gasteiger partial charge on any atom is -0.120 e. The highest BCUT2D eigenvalue weighted by Crippen LogP contribution is 2.44. The van der Waals surface area contributed by atoms with Gasteiger partial charge in [-0.1, -0.05) is 78.3 Å². The van der Waals surface area contributed by atoms with Crippen LogP contribution in [0.5, 0.6) is 0 Å². The van der Waals surface area contributed by atoms with Crippen molar-refractivity contribution in [3.8, 4) is 0 Å². The third kappa shape index (κ3) is 6.16. The van der Waals surface area contributed by atoms with Gasteiger partial charge < -0.3 is 0 Å². The van der Waals surface area contributed by atoms with Gasteiger partial charge in [0.1, 0.15) is 0 Å². The molecular weight excluding hydrogens is 308 g/mol. The molecule has 0 nitrogen and oxygen atoms in total. The minimum absolute atomic E-state index is 0.122. The number of allylic oxidation sites excluding steroid dienone is 2. The predicted octanol–water partition coefficient (Wildman–Crippen LogP) is 7.98. The van der Waals surface area contributed by atoms with E-state index < -0.39 is 0 Å². The second-order valence-corrected chi connectivity index (χ2v) is 10.8. The maximum atomic E-state index is 4.02. The van der Waals surface area contributed by atoms with Gasteiger partial charge in [-0.05, 0) is 48.3 Å².